The van der Waals surface area contributed by atoms with Crippen LogP contribution in [0.2, 0.25) is 0 Å². The van der Waals surface area contributed by atoms with Crippen LogP contribution in [0.25, 0.3) is 11.2 Å². The van der Waals surface area contributed by atoms with Crippen molar-refractivity contribution >= 4 is 23.0 Å². The zero-order valence-corrected chi connectivity index (χ0v) is 13.8. The molecular weight excluding hydrogens is 351 g/mol. The van der Waals surface area contributed by atoms with Gasteiger partial charge < -0.3 is 14.6 Å². The van der Waals surface area contributed by atoms with Gasteiger partial charge in [0.1, 0.15) is 0 Å². The molecule has 0 saturated carbocycles. The van der Waals surface area contributed by atoms with E-state index in [9.17, 15) is 18.0 Å². The summed E-state index contributed by atoms with van der Waals surface area (Å²) in [5, 5.41) is 8.92. The molecule has 0 unspecified atom stereocenters. The second kappa shape index (κ2) is 6.28. The number of carboxylic acids is 1. The summed E-state index contributed by atoms with van der Waals surface area (Å²) in [7, 11) is 3.15. The first-order chi connectivity index (χ1) is 12.2. The highest BCUT2D eigenvalue weighted by atomic mass is 19.4. The van der Waals surface area contributed by atoms with Crippen LogP contribution in [0, 0.1) is 0 Å². The molecule has 0 aliphatic heterocycles. The van der Waals surface area contributed by atoms with Gasteiger partial charge in [0.15, 0.2) is 17.0 Å². The van der Waals surface area contributed by atoms with Gasteiger partial charge in [-0.3, -0.25) is 0 Å². The predicted octanol–water partition coefficient (Wildman–Crippen LogP) is 2.66. The Labute approximate surface area is 145 Å². The van der Waals surface area contributed by atoms with Gasteiger partial charge in [-0.2, -0.15) is 13.2 Å². The normalized spacial score (nSPS) is 11.7. The molecule has 0 fully saturated rings. The van der Waals surface area contributed by atoms with Crippen LogP contribution in [0.15, 0.2) is 30.6 Å². The third-order valence-electron chi connectivity index (χ3n) is 3.68. The molecule has 0 aliphatic rings. The molecule has 0 amide bonds. The van der Waals surface area contributed by atoms with E-state index in [1.807, 2.05) is 0 Å². The number of aromatic nitrogens is 4. The highest BCUT2D eigenvalue weighted by molar-refractivity contribution is 5.87. The Balaban J connectivity index is 2.06. The summed E-state index contributed by atoms with van der Waals surface area (Å²) < 4.78 is 40.8. The first-order valence-corrected chi connectivity index (χ1v) is 7.46. The maximum absolute atomic E-state index is 13.1. The molecule has 0 radical (unpaired) electrons. The maximum atomic E-state index is 13.1. The SMILES string of the molecule is CN(C)c1nc(C(F)(F)F)nc2c1ncn2Cc1ccc(C(=O)O)cc1. The van der Waals surface area contributed by atoms with E-state index in [1.54, 1.807) is 26.2 Å². The first-order valence-electron chi connectivity index (χ1n) is 7.46. The minimum atomic E-state index is -4.68. The molecule has 0 atom stereocenters. The Hall–Kier alpha value is -3.17. The van der Waals surface area contributed by atoms with Crippen molar-refractivity contribution in [2.75, 3.05) is 19.0 Å². The molecule has 10 heteroatoms. The standard InChI is InChI=1S/C16H14F3N5O2/c1-23(2)12-11-13(22-15(21-12)16(17,18)19)24(8-20-11)7-9-3-5-10(6-4-9)14(25)26/h3-6,8H,7H2,1-2H3,(H,25,26). The molecule has 0 aliphatic carbocycles. The van der Waals surface area contributed by atoms with Crippen molar-refractivity contribution < 1.29 is 23.1 Å². The van der Waals surface area contributed by atoms with Crippen molar-refractivity contribution in [3.63, 3.8) is 0 Å². The molecule has 26 heavy (non-hydrogen) atoms. The quantitative estimate of drug-likeness (QED) is 0.765. The van der Waals surface area contributed by atoms with Crippen molar-refractivity contribution in [2.24, 2.45) is 0 Å². The second-order valence-corrected chi connectivity index (χ2v) is 5.81. The van der Waals surface area contributed by atoms with Crippen molar-refractivity contribution in [3.8, 4) is 0 Å². The smallest absolute Gasteiger partial charge is 0.451 e. The van der Waals surface area contributed by atoms with E-state index in [2.05, 4.69) is 15.0 Å². The second-order valence-electron chi connectivity index (χ2n) is 5.81. The van der Waals surface area contributed by atoms with Crippen molar-refractivity contribution in [1.29, 1.82) is 0 Å². The molecule has 7 nitrogen and oxygen atoms in total. The Morgan fingerprint density at radius 1 is 1.19 bits per heavy atom. The third kappa shape index (κ3) is 3.30. The molecule has 3 rings (SSSR count). The van der Waals surface area contributed by atoms with Gasteiger partial charge in [-0.05, 0) is 17.7 Å². The van der Waals surface area contributed by atoms with Gasteiger partial charge in [-0.15, -0.1) is 0 Å². The number of aromatic carboxylic acids is 1. The number of carbonyl (C=O) groups is 1. The highest BCUT2D eigenvalue weighted by Gasteiger charge is 2.36. The largest absolute Gasteiger partial charge is 0.478 e. The van der Waals surface area contributed by atoms with Gasteiger partial charge in [0.05, 0.1) is 18.4 Å². The minimum absolute atomic E-state index is 0.0540. The van der Waals surface area contributed by atoms with Gasteiger partial charge in [0.2, 0.25) is 5.82 Å². The number of anilines is 1. The van der Waals surface area contributed by atoms with Crippen LogP contribution in [-0.2, 0) is 12.7 Å². The number of benzene rings is 1. The average molecular weight is 365 g/mol. The molecule has 3 aromatic rings. The fourth-order valence-electron chi connectivity index (χ4n) is 2.43. The molecule has 2 aromatic heterocycles. The number of imidazole rings is 1. The van der Waals surface area contributed by atoms with E-state index >= 15 is 0 Å². The Morgan fingerprint density at radius 2 is 1.85 bits per heavy atom. The Morgan fingerprint density at radius 3 is 2.38 bits per heavy atom. The van der Waals surface area contributed by atoms with Gasteiger partial charge in [-0.1, -0.05) is 12.1 Å². The van der Waals surface area contributed by atoms with E-state index in [0.29, 0.717) is 5.56 Å². The number of alkyl halides is 3. The van der Waals surface area contributed by atoms with Gasteiger partial charge in [0, 0.05) is 14.1 Å². The van der Waals surface area contributed by atoms with Gasteiger partial charge in [-0.25, -0.2) is 19.7 Å². The first kappa shape index (κ1) is 17.6. The molecule has 1 aromatic carbocycles. The van der Waals surface area contributed by atoms with E-state index in [4.69, 9.17) is 5.11 Å². The molecule has 0 saturated heterocycles. The van der Waals surface area contributed by atoms with Gasteiger partial charge in [0.25, 0.3) is 0 Å². The van der Waals surface area contributed by atoms with Crippen LogP contribution in [0.4, 0.5) is 19.0 Å². The van der Waals surface area contributed by atoms with Crippen LogP contribution in [0.5, 0.6) is 0 Å². The van der Waals surface area contributed by atoms with Crippen molar-refractivity contribution in [1.82, 2.24) is 19.5 Å². The summed E-state index contributed by atoms with van der Waals surface area (Å²) in [5.41, 5.74) is 1.14. The fourth-order valence-corrected chi connectivity index (χ4v) is 2.43. The summed E-state index contributed by atoms with van der Waals surface area (Å²) in [6, 6.07) is 6.04. The molecule has 2 heterocycles. The number of nitrogens with zero attached hydrogens (tertiary/aromatic N) is 5. The lowest BCUT2D eigenvalue weighted by Crippen LogP contribution is -2.18. The average Bonchev–Trinajstić information content (AvgIpc) is 2.96. The van der Waals surface area contributed by atoms with Crippen molar-refractivity contribution in [3.05, 3.63) is 47.5 Å². The number of hydrogen-bond acceptors (Lipinski definition) is 5. The number of fused-ring (bicyclic) bond motifs is 1. The number of rotatable bonds is 4. The fraction of sp³-hybridized carbons (Fsp3) is 0.250. The van der Waals surface area contributed by atoms with E-state index in [0.717, 1.165) is 0 Å². The summed E-state index contributed by atoms with van der Waals surface area (Å²) in [6.07, 6.45) is -3.30. The number of hydrogen-bond donors (Lipinski definition) is 1. The van der Waals surface area contributed by atoms with Crippen molar-refractivity contribution in [2.45, 2.75) is 12.7 Å². The Bertz CT molecular complexity index is 964. The molecule has 1 N–H and O–H groups in total. The predicted molar refractivity (Wildman–Crippen MR) is 87.2 cm³/mol. The zero-order valence-electron chi connectivity index (χ0n) is 13.8. The molecule has 0 spiro atoms. The maximum Gasteiger partial charge on any atom is 0.451 e. The summed E-state index contributed by atoms with van der Waals surface area (Å²) >= 11 is 0. The van der Waals surface area contributed by atoms with Crippen LogP contribution < -0.4 is 4.90 Å². The minimum Gasteiger partial charge on any atom is -0.478 e. The summed E-state index contributed by atoms with van der Waals surface area (Å²) in [5.74, 6) is -2.22. The lowest BCUT2D eigenvalue weighted by Gasteiger charge is -2.14. The van der Waals surface area contributed by atoms with Crippen LogP contribution in [0.3, 0.4) is 0 Å². The number of carboxylic acid groups (broad SMARTS) is 1. The van der Waals surface area contributed by atoms with Gasteiger partial charge >= 0.3 is 12.1 Å². The monoisotopic (exact) mass is 365 g/mol. The van der Waals surface area contributed by atoms with Crippen LogP contribution in [-0.4, -0.2) is 44.7 Å². The summed E-state index contributed by atoms with van der Waals surface area (Å²) in [4.78, 5) is 23.7. The lowest BCUT2D eigenvalue weighted by molar-refractivity contribution is -0.144. The molecular formula is C16H14F3N5O2. The lowest BCUT2D eigenvalue weighted by atomic mass is 10.1. The Kier molecular flexibility index (Phi) is 4.26. The van der Waals surface area contributed by atoms with Crippen LogP contribution in [0.1, 0.15) is 21.7 Å². The molecule has 0 bridgehead atoms. The topological polar surface area (TPSA) is 84.1 Å². The van der Waals surface area contributed by atoms with Crippen LogP contribution >= 0.6 is 0 Å². The number of halogens is 3. The third-order valence-corrected chi connectivity index (χ3v) is 3.68. The zero-order chi connectivity index (χ0) is 19.1. The highest BCUT2D eigenvalue weighted by Crippen LogP contribution is 2.30. The molecule has 136 valence electrons. The van der Waals surface area contributed by atoms with E-state index in [1.165, 1.54) is 27.9 Å². The van der Waals surface area contributed by atoms with E-state index in [-0.39, 0.29) is 29.1 Å². The summed E-state index contributed by atoms with van der Waals surface area (Å²) in [6.45, 7) is 0.192. The van der Waals surface area contributed by atoms with E-state index < -0.39 is 18.0 Å².